The van der Waals surface area contributed by atoms with Gasteiger partial charge >= 0.3 is 0 Å². The van der Waals surface area contributed by atoms with Crippen LogP contribution in [0.15, 0.2) is 36.5 Å². The molecule has 0 amide bonds. The molecule has 0 fully saturated rings. The minimum Gasteiger partial charge on any atom is -0.396 e. The zero-order chi connectivity index (χ0) is 13.7. The first-order valence-corrected chi connectivity index (χ1v) is 7.12. The maximum atomic E-state index is 9.46. The van der Waals surface area contributed by atoms with Crippen molar-refractivity contribution < 1.29 is 5.11 Å². The van der Waals surface area contributed by atoms with Gasteiger partial charge < -0.3 is 5.11 Å². The van der Waals surface area contributed by atoms with E-state index >= 15 is 0 Å². The Hall–Kier alpha value is -1.41. The van der Waals surface area contributed by atoms with Crippen molar-refractivity contribution in [3.63, 3.8) is 0 Å². The second kappa shape index (κ2) is 6.67. The fraction of sp³-hybridized carbons (Fsp3) is 0.286. The van der Waals surface area contributed by atoms with E-state index in [-0.39, 0.29) is 18.4 Å². The normalized spacial score (nSPS) is 13.7. The van der Waals surface area contributed by atoms with Gasteiger partial charge in [-0.2, -0.15) is 5.26 Å². The molecule has 0 radical (unpaired) electrons. The number of aliphatic hydroxyl groups excluding tert-OH is 1. The van der Waals surface area contributed by atoms with Crippen LogP contribution in [-0.4, -0.2) is 16.7 Å². The monoisotopic (exact) mass is 292 g/mol. The molecule has 2 atom stereocenters. The molecule has 19 heavy (non-hydrogen) atoms. The molecule has 0 spiro atoms. The van der Waals surface area contributed by atoms with Crippen LogP contribution in [-0.2, 0) is 0 Å². The van der Waals surface area contributed by atoms with Gasteiger partial charge in [-0.05, 0) is 12.0 Å². The van der Waals surface area contributed by atoms with Gasteiger partial charge in [-0.15, -0.1) is 11.3 Å². The minimum atomic E-state index is -0.301. The molecular formula is C14H13ClN2OS. The van der Waals surface area contributed by atoms with Crippen LogP contribution in [0.3, 0.4) is 0 Å². The molecule has 0 saturated heterocycles. The smallest absolute Gasteiger partial charge is 0.183 e. The summed E-state index contributed by atoms with van der Waals surface area (Å²) in [6.45, 7) is 0.0329. The summed E-state index contributed by atoms with van der Waals surface area (Å²) in [4.78, 5) is 4.96. The molecule has 5 heteroatoms. The van der Waals surface area contributed by atoms with Gasteiger partial charge in [0.1, 0.15) is 0 Å². The number of hydrogen-bond donors (Lipinski definition) is 1. The summed E-state index contributed by atoms with van der Waals surface area (Å²) in [5.41, 5.74) is 0.952. The van der Waals surface area contributed by atoms with Crippen molar-refractivity contribution >= 4 is 22.9 Å². The highest BCUT2D eigenvalue weighted by atomic mass is 35.5. The Morgan fingerprint density at radius 1 is 1.37 bits per heavy atom. The summed E-state index contributed by atoms with van der Waals surface area (Å²) in [7, 11) is 0. The van der Waals surface area contributed by atoms with Crippen molar-refractivity contribution in [3.8, 4) is 6.07 Å². The number of aliphatic hydroxyl groups is 1. The van der Waals surface area contributed by atoms with Crippen LogP contribution in [0.25, 0.3) is 0 Å². The lowest BCUT2D eigenvalue weighted by Crippen LogP contribution is -2.10. The molecule has 1 N–H and O–H groups in total. The van der Waals surface area contributed by atoms with Crippen LogP contribution in [0.1, 0.15) is 28.7 Å². The number of hydrogen-bond acceptors (Lipinski definition) is 4. The zero-order valence-electron chi connectivity index (χ0n) is 10.2. The number of halogens is 1. The van der Waals surface area contributed by atoms with E-state index in [0.717, 1.165) is 10.4 Å². The summed E-state index contributed by atoms with van der Waals surface area (Å²) < 4.78 is 0.461. The molecule has 0 aliphatic carbocycles. The molecule has 0 unspecified atom stereocenters. The van der Waals surface area contributed by atoms with E-state index in [4.69, 9.17) is 11.6 Å². The number of nitriles is 1. The van der Waals surface area contributed by atoms with Gasteiger partial charge in [-0.25, -0.2) is 4.98 Å². The Labute approximate surface area is 121 Å². The molecule has 2 aromatic rings. The second-order valence-corrected chi connectivity index (χ2v) is 5.80. The van der Waals surface area contributed by atoms with E-state index in [0.29, 0.717) is 10.9 Å². The highest BCUT2D eigenvalue weighted by Crippen LogP contribution is 2.38. The maximum Gasteiger partial charge on any atom is 0.183 e. The number of aromatic nitrogens is 1. The van der Waals surface area contributed by atoms with Crippen molar-refractivity contribution in [3.05, 3.63) is 51.4 Å². The van der Waals surface area contributed by atoms with Gasteiger partial charge in [-0.1, -0.05) is 41.9 Å². The van der Waals surface area contributed by atoms with Crippen LogP contribution in [0.2, 0.25) is 4.47 Å². The molecule has 0 aliphatic heterocycles. The van der Waals surface area contributed by atoms with E-state index < -0.39 is 0 Å². The largest absolute Gasteiger partial charge is 0.396 e. The Morgan fingerprint density at radius 2 is 2.11 bits per heavy atom. The third kappa shape index (κ3) is 3.32. The Balaban J connectivity index is 2.34. The first-order chi connectivity index (χ1) is 9.26. The first-order valence-electron chi connectivity index (χ1n) is 5.93. The van der Waals surface area contributed by atoms with E-state index in [9.17, 15) is 10.4 Å². The highest BCUT2D eigenvalue weighted by molar-refractivity contribution is 7.15. The van der Waals surface area contributed by atoms with E-state index in [1.807, 2.05) is 30.3 Å². The molecule has 2 rings (SSSR count). The Morgan fingerprint density at radius 3 is 2.63 bits per heavy atom. The van der Waals surface area contributed by atoms with Gasteiger partial charge in [0.05, 0.1) is 12.0 Å². The topological polar surface area (TPSA) is 56.9 Å². The number of benzene rings is 1. The van der Waals surface area contributed by atoms with Gasteiger partial charge in [0.25, 0.3) is 0 Å². The Bertz CT molecular complexity index is 564. The lowest BCUT2D eigenvalue weighted by atomic mass is 9.84. The summed E-state index contributed by atoms with van der Waals surface area (Å²) in [6, 6.07) is 11.9. The second-order valence-electron chi connectivity index (χ2n) is 4.15. The van der Waals surface area contributed by atoms with Crippen molar-refractivity contribution in [1.82, 2.24) is 4.98 Å². The fourth-order valence-electron chi connectivity index (χ4n) is 2.11. The minimum absolute atomic E-state index is 0.0329. The lowest BCUT2D eigenvalue weighted by Gasteiger charge is -2.20. The predicted octanol–water partition coefficient (Wildman–Crippen LogP) is 3.57. The molecule has 0 saturated carbocycles. The molecular weight excluding hydrogens is 280 g/mol. The van der Waals surface area contributed by atoms with Crippen LogP contribution in [0.5, 0.6) is 0 Å². The molecule has 1 aromatic carbocycles. The number of thiazole rings is 1. The van der Waals surface area contributed by atoms with Crippen molar-refractivity contribution in [1.29, 1.82) is 5.26 Å². The van der Waals surface area contributed by atoms with Crippen molar-refractivity contribution in [2.24, 2.45) is 0 Å². The molecule has 98 valence electrons. The zero-order valence-corrected chi connectivity index (χ0v) is 11.7. The average Bonchev–Trinajstić information content (AvgIpc) is 2.86. The summed E-state index contributed by atoms with van der Waals surface area (Å²) in [5, 5.41) is 18.7. The molecule has 1 aromatic heterocycles. The van der Waals surface area contributed by atoms with Crippen LogP contribution < -0.4 is 0 Å². The molecule has 1 heterocycles. The van der Waals surface area contributed by atoms with Gasteiger partial charge in [0.2, 0.25) is 0 Å². The summed E-state index contributed by atoms with van der Waals surface area (Å²) in [5.74, 6) is -0.382. The standard InChI is InChI=1S/C14H13ClN2OS/c15-14-17-9-13(19-14)11(6-7-18)12(8-16)10-4-2-1-3-5-10/h1-5,9,11-12,18H,6-7H2/t11-,12+/m1/s1. The lowest BCUT2D eigenvalue weighted by molar-refractivity contribution is 0.273. The van der Waals surface area contributed by atoms with Crippen molar-refractivity contribution in [2.75, 3.05) is 6.61 Å². The van der Waals surface area contributed by atoms with Gasteiger partial charge in [0, 0.05) is 23.6 Å². The van der Waals surface area contributed by atoms with Gasteiger partial charge in [0.15, 0.2) is 4.47 Å². The van der Waals surface area contributed by atoms with Crippen LogP contribution >= 0.6 is 22.9 Å². The fourth-order valence-corrected chi connectivity index (χ4v) is 3.23. The third-order valence-corrected chi connectivity index (χ3v) is 4.25. The summed E-state index contributed by atoms with van der Waals surface area (Å²) in [6.07, 6.45) is 2.21. The van der Waals surface area contributed by atoms with Gasteiger partial charge in [-0.3, -0.25) is 0 Å². The van der Waals surface area contributed by atoms with Crippen LogP contribution in [0.4, 0.5) is 0 Å². The molecule has 3 nitrogen and oxygen atoms in total. The first kappa shape index (κ1) is 14.0. The molecule has 0 bridgehead atoms. The van der Waals surface area contributed by atoms with E-state index in [2.05, 4.69) is 11.1 Å². The quantitative estimate of drug-likeness (QED) is 0.916. The predicted molar refractivity (Wildman–Crippen MR) is 76.4 cm³/mol. The Kier molecular flexibility index (Phi) is 4.92. The van der Waals surface area contributed by atoms with E-state index in [1.165, 1.54) is 11.3 Å². The average molecular weight is 293 g/mol. The van der Waals surface area contributed by atoms with Crippen molar-refractivity contribution in [2.45, 2.75) is 18.3 Å². The maximum absolute atomic E-state index is 9.46. The SMILES string of the molecule is N#C[C@@H](c1ccccc1)[C@@H](CCO)c1cnc(Cl)s1. The van der Waals surface area contributed by atoms with Crippen LogP contribution in [0, 0.1) is 11.3 Å². The molecule has 0 aliphatic rings. The number of nitrogens with zero attached hydrogens (tertiary/aromatic N) is 2. The highest BCUT2D eigenvalue weighted by Gasteiger charge is 2.26. The van der Waals surface area contributed by atoms with E-state index in [1.54, 1.807) is 6.20 Å². The third-order valence-electron chi connectivity index (χ3n) is 3.00. The summed E-state index contributed by atoms with van der Waals surface area (Å²) >= 11 is 7.23. The number of rotatable bonds is 5.